The van der Waals surface area contributed by atoms with Gasteiger partial charge >= 0.3 is 5.97 Å². The maximum absolute atomic E-state index is 11.5. The average molecular weight is 319 g/mol. The maximum Gasteiger partial charge on any atom is 0.336 e. The normalized spacial score (nSPS) is 24.2. The van der Waals surface area contributed by atoms with Crippen LogP contribution in [-0.4, -0.2) is 11.1 Å². The fourth-order valence-electron chi connectivity index (χ4n) is 4.15. The zero-order valence-electron chi connectivity index (χ0n) is 13.9. The van der Waals surface area contributed by atoms with Gasteiger partial charge in [-0.25, -0.2) is 4.79 Å². The summed E-state index contributed by atoms with van der Waals surface area (Å²) in [7, 11) is 0. The van der Waals surface area contributed by atoms with Crippen LogP contribution in [0.25, 0.3) is 0 Å². The number of hydrogen-bond donors (Lipinski definition) is 2. The zero-order valence-corrected chi connectivity index (χ0v) is 13.9. The highest BCUT2D eigenvalue weighted by Crippen LogP contribution is 2.50. The molecule has 4 rings (SSSR count). The van der Waals surface area contributed by atoms with Gasteiger partial charge in [-0.3, -0.25) is 0 Å². The number of fused-ring (bicyclic) bond motifs is 3. The average Bonchev–Trinajstić information content (AvgIpc) is 3.05. The number of carboxylic acids is 1. The highest BCUT2D eigenvalue weighted by atomic mass is 16.4. The van der Waals surface area contributed by atoms with Crippen LogP contribution in [0.5, 0.6) is 0 Å². The molecule has 3 atom stereocenters. The molecule has 2 aliphatic rings. The molecule has 122 valence electrons. The van der Waals surface area contributed by atoms with E-state index in [1.807, 2.05) is 13.0 Å². The maximum atomic E-state index is 11.5. The lowest BCUT2D eigenvalue weighted by Crippen LogP contribution is -2.30. The molecule has 0 saturated heterocycles. The van der Waals surface area contributed by atoms with Gasteiger partial charge in [-0.2, -0.15) is 0 Å². The Morgan fingerprint density at radius 1 is 1.12 bits per heavy atom. The third kappa shape index (κ3) is 2.23. The Hall–Kier alpha value is -2.55. The van der Waals surface area contributed by atoms with Crippen LogP contribution < -0.4 is 5.32 Å². The van der Waals surface area contributed by atoms with Crippen LogP contribution in [0, 0.1) is 19.8 Å². The van der Waals surface area contributed by atoms with Crippen LogP contribution in [0.4, 0.5) is 5.69 Å². The van der Waals surface area contributed by atoms with Gasteiger partial charge < -0.3 is 10.4 Å². The van der Waals surface area contributed by atoms with E-state index < -0.39 is 5.97 Å². The van der Waals surface area contributed by atoms with Crippen molar-refractivity contribution in [1.29, 1.82) is 0 Å². The molecule has 24 heavy (non-hydrogen) atoms. The molecule has 0 amide bonds. The summed E-state index contributed by atoms with van der Waals surface area (Å²) in [4.78, 5) is 11.5. The Kier molecular flexibility index (Phi) is 3.45. The number of nitrogens with one attached hydrogen (secondary N) is 1. The first-order chi connectivity index (χ1) is 11.6. The van der Waals surface area contributed by atoms with Crippen molar-refractivity contribution in [2.24, 2.45) is 5.92 Å². The quantitative estimate of drug-likeness (QED) is 0.780. The van der Waals surface area contributed by atoms with Crippen molar-refractivity contribution in [2.75, 3.05) is 5.32 Å². The fraction of sp³-hybridized carbons (Fsp3) is 0.286. The summed E-state index contributed by atoms with van der Waals surface area (Å²) in [5.41, 5.74) is 5.94. The fourth-order valence-corrected chi connectivity index (χ4v) is 4.15. The smallest absolute Gasteiger partial charge is 0.336 e. The second kappa shape index (κ2) is 5.52. The number of carbonyl (C=O) groups is 1. The number of aryl methyl sites for hydroxylation is 1. The van der Waals surface area contributed by atoms with Crippen LogP contribution >= 0.6 is 0 Å². The molecule has 1 heterocycles. The molecule has 0 radical (unpaired) electrons. The Labute approximate surface area is 142 Å². The summed E-state index contributed by atoms with van der Waals surface area (Å²) in [6.45, 7) is 4.00. The molecule has 2 N–H and O–H groups in total. The third-order valence-corrected chi connectivity index (χ3v) is 5.46. The van der Waals surface area contributed by atoms with E-state index in [0.717, 1.165) is 17.7 Å². The van der Waals surface area contributed by atoms with E-state index in [1.54, 1.807) is 6.07 Å². The first-order valence-electron chi connectivity index (χ1n) is 8.43. The van der Waals surface area contributed by atoms with E-state index in [0.29, 0.717) is 17.4 Å². The standard InChI is InChI=1S/C21H21NO2/c1-12-6-8-14(9-7-12)20-17-5-3-4-16(17)18-11-10-15(21(23)24)13(2)19(18)22-20/h3-4,6-11,16-17,20,22H,5H2,1-2H3,(H,23,24)/t16-,17+,20+/m1/s1. The highest BCUT2D eigenvalue weighted by molar-refractivity contribution is 5.92. The monoisotopic (exact) mass is 319 g/mol. The first-order valence-corrected chi connectivity index (χ1v) is 8.43. The van der Waals surface area contributed by atoms with Crippen molar-refractivity contribution in [3.63, 3.8) is 0 Å². The van der Waals surface area contributed by atoms with E-state index in [2.05, 4.69) is 48.7 Å². The van der Waals surface area contributed by atoms with E-state index in [1.165, 1.54) is 16.7 Å². The topological polar surface area (TPSA) is 49.3 Å². The molecule has 2 aromatic rings. The lowest BCUT2D eigenvalue weighted by molar-refractivity contribution is 0.0696. The molecule has 1 aliphatic heterocycles. The number of hydrogen-bond acceptors (Lipinski definition) is 2. The van der Waals surface area contributed by atoms with Gasteiger partial charge in [0.05, 0.1) is 11.6 Å². The molecule has 2 aromatic carbocycles. The SMILES string of the molecule is Cc1ccc([C@@H]2Nc3c(ccc(C(=O)O)c3C)[C@@H]3C=CC[C@@H]32)cc1. The van der Waals surface area contributed by atoms with E-state index in [4.69, 9.17) is 0 Å². The minimum atomic E-state index is -0.868. The summed E-state index contributed by atoms with van der Waals surface area (Å²) >= 11 is 0. The van der Waals surface area contributed by atoms with Gasteiger partial charge in [0.1, 0.15) is 0 Å². The molecule has 3 heteroatoms. The highest BCUT2D eigenvalue weighted by Gasteiger charge is 2.38. The number of anilines is 1. The van der Waals surface area contributed by atoms with Gasteiger partial charge in [-0.15, -0.1) is 0 Å². The molecule has 0 aromatic heterocycles. The summed E-state index contributed by atoms with van der Waals surface area (Å²) in [5.74, 6) is -0.0301. The van der Waals surface area contributed by atoms with Crippen LogP contribution in [0.1, 0.15) is 51.0 Å². The molecular weight excluding hydrogens is 298 g/mol. The van der Waals surface area contributed by atoms with E-state index in [9.17, 15) is 9.90 Å². The predicted molar refractivity (Wildman–Crippen MR) is 95.7 cm³/mol. The molecule has 3 nitrogen and oxygen atoms in total. The Morgan fingerprint density at radius 2 is 1.88 bits per heavy atom. The minimum Gasteiger partial charge on any atom is -0.478 e. The van der Waals surface area contributed by atoms with Crippen molar-refractivity contribution in [2.45, 2.75) is 32.2 Å². The number of carboxylic acid groups (broad SMARTS) is 1. The number of allylic oxidation sites excluding steroid dienone is 2. The van der Waals surface area contributed by atoms with Gasteiger partial charge in [0.2, 0.25) is 0 Å². The molecule has 1 aliphatic carbocycles. The predicted octanol–water partition coefficient (Wildman–Crippen LogP) is 4.83. The van der Waals surface area contributed by atoms with Gasteiger partial charge in [0, 0.05) is 11.6 Å². The van der Waals surface area contributed by atoms with Gasteiger partial charge in [-0.05, 0) is 48.9 Å². The van der Waals surface area contributed by atoms with E-state index in [-0.39, 0.29) is 6.04 Å². The lowest BCUT2D eigenvalue weighted by Gasteiger charge is -2.38. The minimum absolute atomic E-state index is 0.209. The molecule has 0 bridgehead atoms. The van der Waals surface area contributed by atoms with Crippen molar-refractivity contribution >= 4 is 11.7 Å². The van der Waals surface area contributed by atoms with Crippen molar-refractivity contribution in [1.82, 2.24) is 0 Å². The Balaban J connectivity index is 1.83. The second-order valence-electron chi connectivity index (χ2n) is 6.89. The summed E-state index contributed by atoms with van der Waals surface area (Å²) in [6, 6.07) is 12.6. The molecule has 0 saturated carbocycles. The van der Waals surface area contributed by atoms with Gasteiger partial charge in [-0.1, -0.05) is 48.0 Å². The lowest BCUT2D eigenvalue weighted by atomic mass is 9.76. The van der Waals surface area contributed by atoms with Crippen molar-refractivity contribution in [3.8, 4) is 0 Å². The Morgan fingerprint density at radius 3 is 2.58 bits per heavy atom. The zero-order chi connectivity index (χ0) is 16.8. The first kappa shape index (κ1) is 15.0. The van der Waals surface area contributed by atoms with Gasteiger partial charge in [0.15, 0.2) is 0 Å². The van der Waals surface area contributed by atoms with Crippen LogP contribution in [0.15, 0.2) is 48.6 Å². The van der Waals surface area contributed by atoms with Crippen LogP contribution in [0.3, 0.4) is 0 Å². The van der Waals surface area contributed by atoms with E-state index >= 15 is 0 Å². The summed E-state index contributed by atoms with van der Waals surface area (Å²) < 4.78 is 0. The van der Waals surface area contributed by atoms with Crippen LogP contribution in [0.2, 0.25) is 0 Å². The number of aromatic carboxylic acids is 1. The van der Waals surface area contributed by atoms with Crippen molar-refractivity contribution < 1.29 is 9.90 Å². The number of benzene rings is 2. The largest absolute Gasteiger partial charge is 0.478 e. The molecule has 0 unspecified atom stereocenters. The second-order valence-corrected chi connectivity index (χ2v) is 6.89. The van der Waals surface area contributed by atoms with Crippen molar-refractivity contribution in [3.05, 3.63) is 76.4 Å². The Bertz CT molecular complexity index is 836. The molecule has 0 spiro atoms. The molecule has 0 fully saturated rings. The summed E-state index contributed by atoms with van der Waals surface area (Å²) in [5, 5.41) is 13.1. The number of rotatable bonds is 2. The molecular formula is C21H21NO2. The third-order valence-electron chi connectivity index (χ3n) is 5.46. The van der Waals surface area contributed by atoms with Crippen LogP contribution in [-0.2, 0) is 0 Å². The summed E-state index contributed by atoms with van der Waals surface area (Å²) in [6.07, 6.45) is 5.59. The van der Waals surface area contributed by atoms with Gasteiger partial charge in [0.25, 0.3) is 0 Å².